The minimum atomic E-state index is -0.996. The lowest BCUT2D eigenvalue weighted by molar-refractivity contribution is 0.0715. The zero-order chi connectivity index (χ0) is 14.8. The number of nitrogens with one attached hydrogen (secondary N) is 1. The summed E-state index contributed by atoms with van der Waals surface area (Å²) in [4.78, 5) is 0. The smallest absolute Gasteiger partial charge is 0.104 e. The maximum absolute atomic E-state index is 10.5. The van der Waals surface area contributed by atoms with Crippen LogP contribution in [0.2, 0.25) is 10.0 Å². The third kappa shape index (κ3) is 3.47. The molecule has 2 aromatic rings. The first kappa shape index (κ1) is 15.6. The van der Waals surface area contributed by atoms with Gasteiger partial charge >= 0.3 is 0 Å². The van der Waals surface area contributed by atoms with Crippen molar-refractivity contribution < 1.29 is 5.11 Å². The number of benzene rings is 2. The molecule has 0 aliphatic carbocycles. The van der Waals surface area contributed by atoms with Crippen molar-refractivity contribution in [1.82, 2.24) is 0 Å². The fraction of sp³-hybridized carbons (Fsp3) is 0.200. The van der Waals surface area contributed by atoms with Gasteiger partial charge in [-0.3, -0.25) is 0 Å². The van der Waals surface area contributed by atoms with E-state index in [2.05, 4.69) is 21.2 Å². The van der Waals surface area contributed by atoms with Crippen LogP contribution in [0, 0.1) is 0 Å². The molecule has 0 heterocycles. The Labute approximate surface area is 136 Å². The fourth-order valence-electron chi connectivity index (χ4n) is 1.83. The highest BCUT2D eigenvalue weighted by Gasteiger charge is 2.23. The average molecular weight is 375 g/mol. The second-order valence-electron chi connectivity index (χ2n) is 4.72. The third-order valence-electron chi connectivity index (χ3n) is 3.05. The van der Waals surface area contributed by atoms with E-state index >= 15 is 0 Å². The van der Waals surface area contributed by atoms with E-state index in [4.69, 9.17) is 23.2 Å². The largest absolute Gasteiger partial charge is 0.384 e. The molecular formula is C15H14BrCl2NO. The maximum atomic E-state index is 10.5. The molecule has 2 rings (SSSR count). The number of rotatable bonds is 4. The van der Waals surface area contributed by atoms with E-state index in [0.29, 0.717) is 22.3 Å². The first-order valence-electron chi connectivity index (χ1n) is 6.07. The molecule has 0 fully saturated rings. The molecule has 0 spiro atoms. The maximum Gasteiger partial charge on any atom is 0.104 e. The Kier molecular flexibility index (Phi) is 4.97. The predicted molar refractivity (Wildman–Crippen MR) is 88.7 cm³/mol. The number of aliphatic hydroxyl groups is 1. The highest BCUT2D eigenvalue weighted by molar-refractivity contribution is 9.10. The minimum Gasteiger partial charge on any atom is -0.384 e. The van der Waals surface area contributed by atoms with Gasteiger partial charge in [0, 0.05) is 11.0 Å². The van der Waals surface area contributed by atoms with Crippen LogP contribution >= 0.6 is 39.1 Å². The highest BCUT2D eigenvalue weighted by Crippen LogP contribution is 2.36. The molecule has 0 saturated heterocycles. The molecule has 20 heavy (non-hydrogen) atoms. The molecule has 0 radical (unpaired) electrons. The van der Waals surface area contributed by atoms with Crippen molar-refractivity contribution in [3.05, 3.63) is 62.5 Å². The summed E-state index contributed by atoms with van der Waals surface area (Å²) < 4.78 is 0.740. The van der Waals surface area contributed by atoms with Crippen LogP contribution in [0.25, 0.3) is 0 Å². The van der Waals surface area contributed by atoms with Gasteiger partial charge in [-0.1, -0.05) is 53.5 Å². The van der Waals surface area contributed by atoms with Crippen molar-refractivity contribution >= 4 is 44.8 Å². The number of anilines is 1. The Balaban J connectivity index is 2.15. The lowest BCUT2D eigenvalue weighted by Gasteiger charge is -2.25. The Bertz CT molecular complexity index is 602. The highest BCUT2D eigenvalue weighted by atomic mass is 79.9. The standard InChI is InChI=1S/C15H14BrCl2NO/c1-15(20,10-5-3-2-4-6-10)9-19-12-8-7-11(16)13(17)14(12)18/h2-8,19-20H,9H2,1H3. The van der Waals surface area contributed by atoms with Gasteiger partial charge in [-0.15, -0.1) is 0 Å². The summed E-state index contributed by atoms with van der Waals surface area (Å²) in [6.07, 6.45) is 0. The summed E-state index contributed by atoms with van der Waals surface area (Å²) in [6.45, 7) is 2.08. The summed E-state index contributed by atoms with van der Waals surface area (Å²) in [5, 5.41) is 14.5. The van der Waals surface area contributed by atoms with Crippen molar-refractivity contribution in [2.75, 3.05) is 11.9 Å². The topological polar surface area (TPSA) is 32.3 Å². The monoisotopic (exact) mass is 373 g/mol. The molecular weight excluding hydrogens is 361 g/mol. The second kappa shape index (κ2) is 6.35. The zero-order valence-electron chi connectivity index (χ0n) is 10.8. The molecule has 0 aliphatic rings. The normalized spacial score (nSPS) is 13.8. The molecule has 1 atom stereocenters. The van der Waals surface area contributed by atoms with E-state index in [9.17, 15) is 5.11 Å². The summed E-state index contributed by atoms with van der Waals surface area (Å²) in [5.41, 5.74) is 0.535. The van der Waals surface area contributed by atoms with Crippen molar-refractivity contribution in [3.63, 3.8) is 0 Å². The van der Waals surface area contributed by atoms with E-state index in [1.165, 1.54) is 0 Å². The van der Waals surface area contributed by atoms with Crippen LogP contribution in [0.15, 0.2) is 46.9 Å². The van der Waals surface area contributed by atoms with E-state index in [-0.39, 0.29) is 0 Å². The third-order valence-corrected chi connectivity index (χ3v) is 4.82. The summed E-state index contributed by atoms with van der Waals surface area (Å²) in [5.74, 6) is 0. The van der Waals surface area contributed by atoms with Gasteiger partial charge in [0.25, 0.3) is 0 Å². The molecule has 0 bridgehead atoms. The van der Waals surface area contributed by atoms with Crippen molar-refractivity contribution in [2.24, 2.45) is 0 Å². The fourth-order valence-corrected chi connectivity index (χ4v) is 2.67. The van der Waals surface area contributed by atoms with Gasteiger partial charge in [0.1, 0.15) is 5.60 Å². The first-order valence-corrected chi connectivity index (χ1v) is 7.62. The van der Waals surface area contributed by atoms with Gasteiger partial charge in [0.2, 0.25) is 0 Å². The molecule has 5 heteroatoms. The molecule has 0 saturated carbocycles. The second-order valence-corrected chi connectivity index (χ2v) is 6.33. The van der Waals surface area contributed by atoms with Gasteiger partial charge in [0.15, 0.2) is 0 Å². The lowest BCUT2D eigenvalue weighted by Crippen LogP contribution is -2.30. The van der Waals surface area contributed by atoms with Crippen LogP contribution < -0.4 is 5.32 Å². The predicted octanol–water partition coefficient (Wildman–Crippen LogP) is 5.08. The van der Waals surface area contributed by atoms with Gasteiger partial charge in [0.05, 0.1) is 15.7 Å². The van der Waals surface area contributed by atoms with Gasteiger partial charge in [-0.05, 0) is 40.5 Å². The van der Waals surface area contributed by atoms with Crippen LogP contribution in [-0.4, -0.2) is 11.7 Å². The van der Waals surface area contributed by atoms with Crippen LogP contribution in [0.1, 0.15) is 12.5 Å². The lowest BCUT2D eigenvalue weighted by atomic mass is 9.96. The van der Waals surface area contributed by atoms with Gasteiger partial charge in [-0.25, -0.2) is 0 Å². The molecule has 0 amide bonds. The zero-order valence-corrected chi connectivity index (χ0v) is 13.9. The molecule has 2 aromatic carbocycles. The summed E-state index contributed by atoms with van der Waals surface area (Å²) >= 11 is 15.5. The van der Waals surface area contributed by atoms with E-state index in [1.807, 2.05) is 42.5 Å². The summed E-state index contributed by atoms with van der Waals surface area (Å²) in [7, 11) is 0. The number of hydrogen-bond acceptors (Lipinski definition) is 2. The molecule has 106 valence electrons. The van der Waals surface area contributed by atoms with E-state index in [0.717, 1.165) is 10.0 Å². The number of halogens is 3. The van der Waals surface area contributed by atoms with E-state index < -0.39 is 5.60 Å². The molecule has 2 nitrogen and oxygen atoms in total. The van der Waals surface area contributed by atoms with Crippen LogP contribution in [0.3, 0.4) is 0 Å². The Morgan fingerprint density at radius 1 is 1.10 bits per heavy atom. The Hall–Kier alpha value is -0.740. The molecule has 0 aromatic heterocycles. The number of hydrogen-bond donors (Lipinski definition) is 2. The van der Waals surface area contributed by atoms with Gasteiger partial charge < -0.3 is 10.4 Å². The SMILES string of the molecule is CC(O)(CNc1ccc(Br)c(Cl)c1Cl)c1ccccc1. The Morgan fingerprint density at radius 2 is 1.75 bits per heavy atom. The minimum absolute atomic E-state index is 0.328. The molecule has 0 aliphatic heterocycles. The van der Waals surface area contributed by atoms with Gasteiger partial charge in [-0.2, -0.15) is 0 Å². The molecule has 1 unspecified atom stereocenters. The van der Waals surface area contributed by atoms with Crippen LogP contribution in [-0.2, 0) is 5.60 Å². The van der Waals surface area contributed by atoms with Crippen LogP contribution in [0.5, 0.6) is 0 Å². The average Bonchev–Trinajstić information content (AvgIpc) is 2.45. The Morgan fingerprint density at radius 3 is 2.40 bits per heavy atom. The first-order chi connectivity index (χ1) is 9.42. The molecule has 2 N–H and O–H groups in total. The van der Waals surface area contributed by atoms with Crippen molar-refractivity contribution in [1.29, 1.82) is 0 Å². The van der Waals surface area contributed by atoms with E-state index in [1.54, 1.807) is 6.92 Å². The quantitative estimate of drug-likeness (QED) is 0.731. The van der Waals surface area contributed by atoms with Crippen molar-refractivity contribution in [3.8, 4) is 0 Å². The van der Waals surface area contributed by atoms with Crippen LogP contribution in [0.4, 0.5) is 5.69 Å². The van der Waals surface area contributed by atoms with Crippen molar-refractivity contribution in [2.45, 2.75) is 12.5 Å². The summed E-state index contributed by atoms with van der Waals surface area (Å²) in [6, 6.07) is 13.1.